The third kappa shape index (κ3) is 4.55. The molecule has 0 radical (unpaired) electrons. The zero-order valence-corrected chi connectivity index (χ0v) is 17.5. The summed E-state index contributed by atoms with van der Waals surface area (Å²) in [5.74, 6) is -0.808. The van der Waals surface area contributed by atoms with Crippen molar-refractivity contribution in [3.05, 3.63) is 74.8 Å². The van der Waals surface area contributed by atoms with Crippen molar-refractivity contribution in [1.29, 1.82) is 0 Å². The van der Waals surface area contributed by atoms with Crippen molar-refractivity contribution in [2.45, 2.75) is 6.18 Å². The van der Waals surface area contributed by atoms with Gasteiger partial charge in [-0.2, -0.15) is 23.4 Å². The van der Waals surface area contributed by atoms with Crippen molar-refractivity contribution in [1.82, 2.24) is 20.0 Å². The smallest absolute Gasteiger partial charge is 0.265 e. The molecule has 3 aromatic heterocycles. The molecular weight excluding hydrogens is 474 g/mol. The van der Waals surface area contributed by atoms with E-state index in [1.165, 1.54) is 23.6 Å². The van der Waals surface area contributed by atoms with Gasteiger partial charge in [0.2, 0.25) is 0 Å². The van der Waals surface area contributed by atoms with Crippen LogP contribution in [0.5, 0.6) is 0 Å². The van der Waals surface area contributed by atoms with E-state index in [0.717, 1.165) is 12.1 Å². The second kappa shape index (κ2) is 8.29. The molecule has 4 rings (SSSR count). The highest BCUT2D eigenvalue weighted by molar-refractivity contribution is 7.13. The van der Waals surface area contributed by atoms with Crippen molar-refractivity contribution in [3.8, 4) is 10.6 Å². The maximum Gasteiger partial charge on any atom is 0.433 e. The van der Waals surface area contributed by atoms with E-state index >= 15 is 0 Å². The molecule has 0 aliphatic carbocycles. The summed E-state index contributed by atoms with van der Waals surface area (Å²) < 4.78 is 41.3. The summed E-state index contributed by atoms with van der Waals surface area (Å²) >= 11 is 13.1. The number of hydrazone groups is 1. The number of amides is 1. The minimum Gasteiger partial charge on any atom is -0.265 e. The van der Waals surface area contributed by atoms with Crippen LogP contribution < -0.4 is 5.43 Å². The molecule has 0 aliphatic heterocycles. The fourth-order valence-electron chi connectivity index (χ4n) is 2.66. The van der Waals surface area contributed by atoms with Gasteiger partial charge in [0.05, 0.1) is 21.8 Å². The van der Waals surface area contributed by atoms with Crippen molar-refractivity contribution in [3.63, 3.8) is 0 Å². The normalized spacial score (nSPS) is 12.0. The molecule has 1 N–H and O–H groups in total. The van der Waals surface area contributed by atoms with Gasteiger partial charge in [-0.15, -0.1) is 11.3 Å². The van der Waals surface area contributed by atoms with Crippen molar-refractivity contribution in [2.75, 3.05) is 0 Å². The summed E-state index contributed by atoms with van der Waals surface area (Å²) in [5.41, 5.74) is 1.39. The molecule has 0 saturated heterocycles. The number of halogens is 5. The summed E-state index contributed by atoms with van der Waals surface area (Å²) in [6, 6.07) is 10.1. The topological polar surface area (TPSA) is 71.7 Å². The molecule has 0 unspecified atom stereocenters. The Morgan fingerprint density at radius 1 is 1.19 bits per heavy atom. The molecule has 3 heterocycles. The Morgan fingerprint density at radius 2 is 2.00 bits per heavy atom. The average Bonchev–Trinajstić information content (AvgIpc) is 3.37. The Labute approximate surface area is 186 Å². The minimum absolute atomic E-state index is 0.117. The largest absolute Gasteiger partial charge is 0.433 e. The van der Waals surface area contributed by atoms with Crippen LogP contribution in [-0.4, -0.2) is 26.7 Å². The van der Waals surface area contributed by atoms with E-state index in [0.29, 0.717) is 25.0 Å². The molecule has 158 valence electrons. The van der Waals surface area contributed by atoms with Gasteiger partial charge in [0, 0.05) is 16.7 Å². The summed E-state index contributed by atoms with van der Waals surface area (Å²) in [6.07, 6.45) is -3.42. The Kier molecular flexibility index (Phi) is 5.69. The van der Waals surface area contributed by atoms with E-state index in [2.05, 4.69) is 20.6 Å². The highest BCUT2D eigenvalue weighted by atomic mass is 35.5. The number of benzene rings is 1. The van der Waals surface area contributed by atoms with E-state index in [-0.39, 0.29) is 17.0 Å². The summed E-state index contributed by atoms with van der Waals surface area (Å²) in [4.78, 5) is 17.1. The molecule has 6 nitrogen and oxygen atoms in total. The van der Waals surface area contributed by atoms with Gasteiger partial charge in [0.25, 0.3) is 5.91 Å². The van der Waals surface area contributed by atoms with Crippen LogP contribution in [0.1, 0.15) is 21.7 Å². The van der Waals surface area contributed by atoms with Gasteiger partial charge in [-0.3, -0.25) is 4.79 Å². The number of nitrogens with one attached hydrogen (secondary N) is 1. The molecule has 0 saturated carbocycles. The van der Waals surface area contributed by atoms with Crippen LogP contribution in [0.4, 0.5) is 13.2 Å². The van der Waals surface area contributed by atoms with E-state index in [9.17, 15) is 18.0 Å². The number of fused-ring (bicyclic) bond motifs is 1. The van der Waals surface area contributed by atoms with Gasteiger partial charge in [0.15, 0.2) is 17.0 Å². The maximum absolute atomic E-state index is 13.6. The third-order valence-electron chi connectivity index (χ3n) is 4.06. The number of thiophene rings is 1. The minimum atomic E-state index is -4.70. The van der Waals surface area contributed by atoms with Crippen molar-refractivity contribution < 1.29 is 18.0 Å². The van der Waals surface area contributed by atoms with Crippen molar-refractivity contribution in [2.24, 2.45) is 5.10 Å². The van der Waals surface area contributed by atoms with Crippen LogP contribution in [0.15, 0.2) is 52.9 Å². The molecule has 4 aromatic rings. The molecule has 31 heavy (non-hydrogen) atoms. The first-order valence-corrected chi connectivity index (χ1v) is 10.2. The Morgan fingerprint density at radius 3 is 2.68 bits per heavy atom. The average molecular weight is 484 g/mol. The zero-order valence-electron chi connectivity index (χ0n) is 15.2. The van der Waals surface area contributed by atoms with Crippen molar-refractivity contribution >= 4 is 52.3 Å². The van der Waals surface area contributed by atoms with Gasteiger partial charge in [-0.05, 0) is 29.6 Å². The second-order valence-corrected chi connectivity index (χ2v) is 7.96. The predicted molar refractivity (Wildman–Crippen MR) is 113 cm³/mol. The lowest BCUT2D eigenvalue weighted by molar-refractivity contribution is -0.142. The first kappa shape index (κ1) is 21.3. The summed E-state index contributed by atoms with van der Waals surface area (Å²) in [5, 5.41) is 10.0. The Bertz CT molecular complexity index is 1300. The van der Waals surface area contributed by atoms with Crippen LogP contribution in [-0.2, 0) is 6.18 Å². The van der Waals surface area contributed by atoms with E-state index in [1.807, 2.05) is 0 Å². The van der Waals surface area contributed by atoms with Crippen LogP contribution >= 0.6 is 34.5 Å². The highest BCUT2D eigenvalue weighted by Crippen LogP contribution is 2.33. The number of carbonyl (C=O) groups is 1. The summed E-state index contributed by atoms with van der Waals surface area (Å²) in [7, 11) is 0. The Hall–Kier alpha value is -2.95. The fraction of sp³-hybridized carbons (Fsp3) is 0.0526. The molecular formula is C19H10Cl2F3N5OS. The van der Waals surface area contributed by atoms with Gasteiger partial charge >= 0.3 is 6.18 Å². The quantitative estimate of drug-likeness (QED) is 0.305. The molecule has 1 aromatic carbocycles. The number of rotatable bonds is 4. The predicted octanol–water partition coefficient (Wildman–Crippen LogP) is 5.55. The number of aromatic nitrogens is 3. The third-order valence-corrected chi connectivity index (χ3v) is 5.51. The molecule has 0 fully saturated rings. The maximum atomic E-state index is 13.6. The number of alkyl halides is 3. The van der Waals surface area contributed by atoms with Gasteiger partial charge < -0.3 is 0 Å². The van der Waals surface area contributed by atoms with Gasteiger partial charge in [-0.25, -0.2) is 14.9 Å². The Balaban J connectivity index is 1.65. The lowest BCUT2D eigenvalue weighted by Crippen LogP contribution is -2.19. The molecule has 0 bridgehead atoms. The monoisotopic (exact) mass is 483 g/mol. The van der Waals surface area contributed by atoms with Crippen LogP contribution in [0.2, 0.25) is 10.0 Å². The van der Waals surface area contributed by atoms with E-state index in [1.54, 1.807) is 29.6 Å². The summed E-state index contributed by atoms with van der Waals surface area (Å²) in [6.45, 7) is 0. The molecule has 1 amide bonds. The fourth-order valence-corrected chi connectivity index (χ4v) is 3.81. The number of carbonyl (C=O) groups excluding carboxylic acids is 1. The molecule has 12 heteroatoms. The molecule has 0 atom stereocenters. The lowest BCUT2D eigenvalue weighted by atomic mass is 10.2. The molecule has 0 spiro atoms. The van der Waals surface area contributed by atoms with Crippen LogP contribution in [0.25, 0.3) is 16.2 Å². The standard InChI is InChI=1S/C19H10Cl2F3N5OS/c20-11-4-3-10(12(21)6-11)9-25-27-18(30)14-8-17-26-13(15-2-1-5-31-15)7-16(19(22,23)24)29(17)28-14/h1-9H,(H,27,30)/b25-9+. The van der Waals surface area contributed by atoms with Gasteiger partial charge in [0.1, 0.15) is 0 Å². The first-order valence-electron chi connectivity index (χ1n) is 8.53. The van der Waals surface area contributed by atoms with E-state index in [4.69, 9.17) is 23.2 Å². The first-order chi connectivity index (χ1) is 14.7. The second-order valence-electron chi connectivity index (χ2n) is 6.17. The van der Waals surface area contributed by atoms with Crippen LogP contribution in [0, 0.1) is 0 Å². The zero-order chi connectivity index (χ0) is 22.2. The molecule has 0 aliphatic rings. The van der Waals surface area contributed by atoms with Gasteiger partial charge in [-0.1, -0.05) is 35.3 Å². The number of nitrogens with zero attached hydrogens (tertiary/aromatic N) is 4. The number of hydrogen-bond donors (Lipinski definition) is 1. The van der Waals surface area contributed by atoms with E-state index < -0.39 is 17.8 Å². The number of hydrogen-bond acceptors (Lipinski definition) is 5. The lowest BCUT2D eigenvalue weighted by Gasteiger charge is -2.10. The van der Waals surface area contributed by atoms with Crippen LogP contribution in [0.3, 0.4) is 0 Å². The SMILES string of the molecule is O=C(N/N=C/c1ccc(Cl)cc1Cl)c1cc2nc(-c3cccs3)cc(C(F)(F)F)n2n1. The highest BCUT2D eigenvalue weighted by Gasteiger charge is 2.35.